The standard InChI is InChI=1S/C14H17N3O3S/c1-4-12-13(18)16-14(21-12)17-15-8-9-5-6-10(19-2)11(7-9)20-3/h5-8,12H,4H2,1-3H3,(H,16,17,18)/b15-8-/t12-/m1/s1. The van der Waals surface area contributed by atoms with Gasteiger partial charge in [-0.3, -0.25) is 4.79 Å². The zero-order valence-electron chi connectivity index (χ0n) is 12.1. The highest BCUT2D eigenvalue weighted by Crippen LogP contribution is 2.27. The zero-order chi connectivity index (χ0) is 15.2. The summed E-state index contributed by atoms with van der Waals surface area (Å²) < 4.78 is 10.4. The molecule has 1 aromatic carbocycles. The highest BCUT2D eigenvalue weighted by Gasteiger charge is 2.28. The number of nitrogens with one attached hydrogen (secondary N) is 1. The van der Waals surface area contributed by atoms with Crippen LogP contribution in [0.3, 0.4) is 0 Å². The monoisotopic (exact) mass is 307 g/mol. The molecule has 1 aromatic rings. The second-order valence-electron chi connectivity index (χ2n) is 4.27. The smallest absolute Gasteiger partial charge is 0.239 e. The first kappa shape index (κ1) is 15.4. The van der Waals surface area contributed by atoms with Crippen molar-refractivity contribution in [1.82, 2.24) is 5.32 Å². The van der Waals surface area contributed by atoms with E-state index in [4.69, 9.17) is 9.47 Å². The van der Waals surface area contributed by atoms with Gasteiger partial charge in [0.05, 0.1) is 25.7 Å². The van der Waals surface area contributed by atoms with Crippen LogP contribution in [-0.4, -0.2) is 36.8 Å². The Morgan fingerprint density at radius 3 is 2.71 bits per heavy atom. The van der Waals surface area contributed by atoms with Crippen LogP contribution in [0, 0.1) is 0 Å². The number of carbonyl (C=O) groups excluding carboxylic acids is 1. The van der Waals surface area contributed by atoms with E-state index in [-0.39, 0.29) is 11.2 Å². The summed E-state index contributed by atoms with van der Waals surface area (Å²) in [5.74, 6) is 1.27. The van der Waals surface area contributed by atoms with Crippen molar-refractivity contribution in [2.75, 3.05) is 14.2 Å². The molecule has 7 heteroatoms. The molecule has 0 spiro atoms. The lowest BCUT2D eigenvalue weighted by Crippen LogP contribution is -2.24. The van der Waals surface area contributed by atoms with Crippen LogP contribution in [0.2, 0.25) is 0 Å². The van der Waals surface area contributed by atoms with Crippen LogP contribution in [-0.2, 0) is 4.79 Å². The summed E-state index contributed by atoms with van der Waals surface area (Å²) in [6, 6.07) is 5.45. The van der Waals surface area contributed by atoms with Crippen molar-refractivity contribution in [2.24, 2.45) is 10.2 Å². The van der Waals surface area contributed by atoms with Gasteiger partial charge < -0.3 is 14.8 Å². The summed E-state index contributed by atoms with van der Waals surface area (Å²) in [7, 11) is 3.16. The summed E-state index contributed by atoms with van der Waals surface area (Å²) >= 11 is 1.40. The van der Waals surface area contributed by atoms with Crippen LogP contribution in [0.15, 0.2) is 28.4 Å². The van der Waals surface area contributed by atoms with Crippen LogP contribution in [0.1, 0.15) is 18.9 Å². The van der Waals surface area contributed by atoms with E-state index >= 15 is 0 Å². The van der Waals surface area contributed by atoms with Gasteiger partial charge in [0.25, 0.3) is 0 Å². The summed E-state index contributed by atoms with van der Waals surface area (Å²) in [6.45, 7) is 1.97. The number of hydrogen-bond donors (Lipinski definition) is 1. The number of amidine groups is 1. The minimum absolute atomic E-state index is 0.0115. The van der Waals surface area contributed by atoms with Gasteiger partial charge in [-0.1, -0.05) is 18.7 Å². The first-order chi connectivity index (χ1) is 10.2. The molecule has 1 N–H and O–H groups in total. The van der Waals surface area contributed by atoms with Gasteiger partial charge >= 0.3 is 0 Å². The Morgan fingerprint density at radius 2 is 2.10 bits per heavy atom. The minimum Gasteiger partial charge on any atom is -0.493 e. The minimum atomic E-state index is -0.0694. The molecule has 0 bridgehead atoms. The molecule has 1 aliphatic heterocycles. The average Bonchev–Trinajstić information content (AvgIpc) is 2.87. The number of hydrogen-bond acceptors (Lipinski definition) is 6. The van der Waals surface area contributed by atoms with Gasteiger partial charge in [0, 0.05) is 0 Å². The van der Waals surface area contributed by atoms with E-state index in [0.29, 0.717) is 16.7 Å². The number of amides is 1. The molecule has 1 fully saturated rings. The van der Waals surface area contributed by atoms with Crippen molar-refractivity contribution in [1.29, 1.82) is 0 Å². The highest BCUT2D eigenvalue weighted by atomic mass is 32.2. The Bertz CT molecular complexity index is 587. The molecule has 0 radical (unpaired) electrons. The summed E-state index contributed by atoms with van der Waals surface area (Å²) in [5.41, 5.74) is 0.832. The normalized spacial score (nSPS) is 20.0. The Balaban J connectivity index is 2.07. The predicted octanol–water partition coefficient (Wildman–Crippen LogP) is 2.04. The molecular formula is C14H17N3O3S. The highest BCUT2D eigenvalue weighted by molar-refractivity contribution is 8.15. The molecule has 112 valence electrons. The van der Waals surface area contributed by atoms with Crippen LogP contribution in [0.25, 0.3) is 0 Å². The van der Waals surface area contributed by atoms with E-state index in [1.165, 1.54) is 11.8 Å². The molecule has 6 nitrogen and oxygen atoms in total. The predicted molar refractivity (Wildman–Crippen MR) is 84.4 cm³/mol. The van der Waals surface area contributed by atoms with Crippen molar-refractivity contribution in [3.63, 3.8) is 0 Å². The topological polar surface area (TPSA) is 72.3 Å². The third-order valence-electron chi connectivity index (χ3n) is 2.91. The van der Waals surface area contributed by atoms with E-state index in [1.54, 1.807) is 32.6 Å². The molecule has 1 amide bonds. The first-order valence-electron chi connectivity index (χ1n) is 6.48. The fraction of sp³-hybridized carbons (Fsp3) is 0.357. The maximum atomic E-state index is 11.5. The quantitative estimate of drug-likeness (QED) is 0.667. The number of ether oxygens (including phenoxy) is 2. The average molecular weight is 307 g/mol. The summed E-state index contributed by atoms with van der Waals surface area (Å²) in [5, 5.41) is 11.2. The van der Waals surface area contributed by atoms with E-state index in [0.717, 1.165) is 12.0 Å². The molecular weight excluding hydrogens is 290 g/mol. The van der Waals surface area contributed by atoms with E-state index in [2.05, 4.69) is 15.5 Å². The van der Waals surface area contributed by atoms with Gasteiger partial charge in [0.2, 0.25) is 5.91 Å². The summed E-state index contributed by atoms with van der Waals surface area (Å²) in [6.07, 6.45) is 2.37. The van der Waals surface area contributed by atoms with Gasteiger partial charge in [-0.15, -0.1) is 5.10 Å². The fourth-order valence-electron chi connectivity index (χ4n) is 1.80. The molecule has 21 heavy (non-hydrogen) atoms. The number of carbonyl (C=O) groups is 1. The van der Waals surface area contributed by atoms with Crippen LogP contribution in [0.4, 0.5) is 0 Å². The molecule has 0 saturated carbocycles. The number of methoxy groups -OCH3 is 2. The lowest BCUT2D eigenvalue weighted by Gasteiger charge is -2.07. The molecule has 0 unspecified atom stereocenters. The SMILES string of the molecule is CC[C@H]1S/C(=N/N=C\c2ccc(OC)c(OC)c2)NC1=O. The van der Waals surface area contributed by atoms with Crippen LogP contribution < -0.4 is 14.8 Å². The number of thioether (sulfide) groups is 1. The second kappa shape index (κ2) is 7.12. The van der Waals surface area contributed by atoms with Crippen LogP contribution >= 0.6 is 11.8 Å². The second-order valence-corrected chi connectivity index (χ2v) is 5.46. The third-order valence-corrected chi connectivity index (χ3v) is 4.15. The van der Waals surface area contributed by atoms with E-state index in [9.17, 15) is 4.79 Å². The zero-order valence-corrected chi connectivity index (χ0v) is 12.9. The fourth-order valence-corrected chi connectivity index (χ4v) is 2.66. The Hall–Kier alpha value is -2.02. The number of rotatable bonds is 5. The molecule has 2 rings (SSSR count). The maximum absolute atomic E-state index is 11.5. The first-order valence-corrected chi connectivity index (χ1v) is 7.36. The van der Waals surface area contributed by atoms with Crippen molar-refractivity contribution in [3.8, 4) is 11.5 Å². The largest absolute Gasteiger partial charge is 0.493 e. The molecule has 1 saturated heterocycles. The molecule has 1 heterocycles. The van der Waals surface area contributed by atoms with Gasteiger partial charge in [-0.25, -0.2) is 0 Å². The van der Waals surface area contributed by atoms with Gasteiger partial charge in [-0.05, 0) is 30.2 Å². The van der Waals surface area contributed by atoms with E-state index < -0.39 is 0 Å². The van der Waals surface area contributed by atoms with E-state index in [1.807, 2.05) is 13.0 Å². The molecule has 1 aliphatic rings. The number of benzene rings is 1. The molecule has 1 atom stereocenters. The van der Waals surface area contributed by atoms with Crippen molar-refractivity contribution >= 4 is 29.1 Å². The van der Waals surface area contributed by atoms with Gasteiger partial charge in [-0.2, -0.15) is 5.10 Å². The van der Waals surface area contributed by atoms with Crippen molar-refractivity contribution in [2.45, 2.75) is 18.6 Å². The summed E-state index contributed by atoms with van der Waals surface area (Å²) in [4.78, 5) is 11.5. The molecule has 0 aliphatic carbocycles. The lowest BCUT2D eigenvalue weighted by atomic mass is 10.2. The Labute approximate surface area is 127 Å². The molecule has 0 aromatic heterocycles. The van der Waals surface area contributed by atoms with Gasteiger partial charge in [0.1, 0.15) is 0 Å². The third kappa shape index (κ3) is 3.75. The van der Waals surface area contributed by atoms with Crippen molar-refractivity contribution in [3.05, 3.63) is 23.8 Å². The van der Waals surface area contributed by atoms with Crippen molar-refractivity contribution < 1.29 is 14.3 Å². The Kier molecular flexibility index (Phi) is 5.21. The maximum Gasteiger partial charge on any atom is 0.239 e. The Morgan fingerprint density at radius 1 is 1.33 bits per heavy atom. The lowest BCUT2D eigenvalue weighted by molar-refractivity contribution is -0.118. The van der Waals surface area contributed by atoms with Gasteiger partial charge in [0.15, 0.2) is 16.7 Å². The number of nitrogens with zero attached hydrogens (tertiary/aromatic N) is 2. The van der Waals surface area contributed by atoms with Crippen LogP contribution in [0.5, 0.6) is 11.5 Å².